The number of nitrogens with zero attached hydrogens (tertiary/aromatic N) is 2. The van der Waals surface area contributed by atoms with Crippen molar-refractivity contribution in [3.8, 4) is 0 Å². The fourth-order valence-electron chi connectivity index (χ4n) is 4.03. The molecule has 2 aliphatic carbocycles. The highest BCUT2D eigenvalue weighted by Gasteiger charge is 2.37. The van der Waals surface area contributed by atoms with Crippen LogP contribution in [0.25, 0.3) is 5.57 Å². The number of aliphatic hydroxyl groups excluding tert-OH is 2. The van der Waals surface area contributed by atoms with Crippen LogP contribution in [0.3, 0.4) is 0 Å². The zero-order valence-electron chi connectivity index (χ0n) is 18.3. The summed E-state index contributed by atoms with van der Waals surface area (Å²) >= 11 is 0. The average molecular weight is 496 g/mol. The Hall–Kier alpha value is -2.63. The molecule has 2 saturated carbocycles. The van der Waals surface area contributed by atoms with Crippen LogP contribution in [-0.4, -0.2) is 64.6 Å². The summed E-state index contributed by atoms with van der Waals surface area (Å²) in [5.74, 6) is -0.867. The van der Waals surface area contributed by atoms with Crippen molar-refractivity contribution in [3.05, 3.63) is 48.2 Å². The number of carbonyl (C=O) groups excluding carboxylic acids is 1. The minimum absolute atomic E-state index is 0.0316. The molecule has 2 aromatic rings. The van der Waals surface area contributed by atoms with E-state index in [1.54, 1.807) is 0 Å². The van der Waals surface area contributed by atoms with Crippen LogP contribution >= 0.6 is 0 Å². The molecule has 4 atom stereocenters. The Morgan fingerprint density at radius 3 is 2.41 bits per heavy atom. The van der Waals surface area contributed by atoms with Gasteiger partial charge in [-0.2, -0.15) is 5.10 Å². The molecule has 34 heavy (non-hydrogen) atoms. The standard InChI is InChI=1S/C23H27F2N3O5S/c24-20-10-14(11-21(20)25)9-19(15-1-3-17(4-2-15)34(32,33)18-5-6-18)23(31)26-22-7-8-28(27-22)12-16(30)13-29/h1-4,7-9,14,16,18,20-21,29-30H,5-6,10-13H2,(H,26,27,31)/b19-9+/t14-,16-,20+,21-/m1/s1. The smallest absolute Gasteiger partial charge is 0.257 e. The van der Waals surface area contributed by atoms with E-state index >= 15 is 0 Å². The number of allylic oxidation sites excluding steroid dienone is 1. The van der Waals surface area contributed by atoms with E-state index in [0.717, 1.165) is 0 Å². The van der Waals surface area contributed by atoms with Crippen molar-refractivity contribution in [2.75, 3.05) is 11.9 Å². The van der Waals surface area contributed by atoms with Crippen LogP contribution in [0.5, 0.6) is 0 Å². The van der Waals surface area contributed by atoms with E-state index in [4.69, 9.17) is 5.11 Å². The lowest BCUT2D eigenvalue weighted by Gasteiger charge is -2.12. The Morgan fingerprint density at radius 2 is 1.82 bits per heavy atom. The third kappa shape index (κ3) is 5.53. The number of benzene rings is 1. The van der Waals surface area contributed by atoms with E-state index in [9.17, 15) is 27.1 Å². The molecule has 0 aliphatic heterocycles. The van der Waals surface area contributed by atoms with Crippen molar-refractivity contribution in [2.45, 2.75) is 60.8 Å². The normalized spacial score (nSPS) is 24.2. The molecule has 0 radical (unpaired) electrons. The minimum Gasteiger partial charge on any atom is -0.394 e. The van der Waals surface area contributed by atoms with Crippen molar-refractivity contribution >= 4 is 27.1 Å². The molecule has 1 aromatic heterocycles. The minimum atomic E-state index is -3.39. The van der Waals surface area contributed by atoms with Gasteiger partial charge in [0.05, 0.1) is 29.4 Å². The van der Waals surface area contributed by atoms with Gasteiger partial charge in [0.2, 0.25) is 0 Å². The lowest BCUT2D eigenvalue weighted by atomic mass is 9.98. The first kappa shape index (κ1) is 24.5. The van der Waals surface area contributed by atoms with E-state index in [1.165, 1.54) is 47.3 Å². The third-order valence-corrected chi connectivity index (χ3v) is 8.32. The van der Waals surface area contributed by atoms with Gasteiger partial charge in [0, 0.05) is 17.8 Å². The van der Waals surface area contributed by atoms with Crippen molar-refractivity contribution in [2.24, 2.45) is 5.92 Å². The first-order valence-electron chi connectivity index (χ1n) is 11.2. The Morgan fingerprint density at radius 1 is 1.18 bits per heavy atom. The highest BCUT2D eigenvalue weighted by molar-refractivity contribution is 7.92. The molecule has 11 heteroatoms. The van der Waals surface area contributed by atoms with E-state index in [-0.39, 0.29) is 40.9 Å². The van der Waals surface area contributed by atoms with E-state index in [1.807, 2.05) is 0 Å². The Labute approximate surface area is 196 Å². The molecule has 1 heterocycles. The second-order valence-electron chi connectivity index (χ2n) is 8.83. The summed E-state index contributed by atoms with van der Waals surface area (Å²) in [6.45, 7) is -0.405. The Bertz CT molecular complexity index is 1150. The van der Waals surface area contributed by atoms with Crippen LogP contribution < -0.4 is 5.32 Å². The molecule has 0 saturated heterocycles. The maximum Gasteiger partial charge on any atom is 0.257 e. The number of hydrogen-bond acceptors (Lipinski definition) is 6. The number of aliphatic hydroxyl groups is 2. The number of halogens is 2. The van der Waals surface area contributed by atoms with Crippen LogP contribution in [-0.2, 0) is 21.2 Å². The van der Waals surface area contributed by atoms with Crippen molar-refractivity contribution < 1.29 is 32.2 Å². The second-order valence-corrected chi connectivity index (χ2v) is 11.1. The number of aromatic nitrogens is 2. The summed E-state index contributed by atoms with van der Waals surface area (Å²) < 4.78 is 53.8. The number of hydrogen-bond donors (Lipinski definition) is 3. The summed E-state index contributed by atoms with van der Waals surface area (Å²) in [7, 11) is -3.39. The van der Waals surface area contributed by atoms with Gasteiger partial charge in [-0.1, -0.05) is 18.2 Å². The Kier molecular flexibility index (Phi) is 7.15. The zero-order chi connectivity index (χ0) is 24.5. The van der Waals surface area contributed by atoms with Crippen LogP contribution in [0.15, 0.2) is 47.5 Å². The maximum absolute atomic E-state index is 13.7. The lowest BCUT2D eigenvalue weighted by Crippen LogP contribution is -2.20. The summed E-state index contributed by atoms with van der Waals surface area (Å²) in [5.41, 5.74) is 0.576. The molecule has 2 fully saturated rings. The van der Waals surface area contributed by atoms with Gasteiger partial charge >= 0.3 is 0 Å². The number of sulfone groups is 1. The van der Waals surface area contributed by atoms with Crippen LogP contribution in [0.2, 0.25) is 0 Å². The summed E-state index contributed by atoms with van der Waals surface area (Å²) in [6.07, 6.45) is 0.0438. The quantitative estimate of drug-likeness (QED) is 0.459. The topological polar surface area (TPSA) is 122 Å². The SMILES string of the molecule is O=C(Nc1ccn(C[C@@H](O)CO)n1)/C(=C/[C@H]1C[C@@H](F)[C@@H](F)C1)c1ccc(S(=O)(=O)C2CC2)cc1. The van der Waals surface area contributed by atoms with Gasteiger partial charge in [-0.05, 0) is 49.3 Å². The summed E-state index contributed by atoms with van der Waals surface area (Å²) in [6, 6.07) is 7.44. The number of nitrogens with one attached hydrogen (secondary N) is 1. The van der Waals surface area contributed by atoms with E-state index in [2.05, 4.69) is 10.4 Å². The van der Waals surface area contributed by atoms with Gasteiger partial charge in [-0.15, -0.1) is 0 Å². The van der Waals surface area contributed by atoms with Crippen LogP contribution in [0.4, 0.5) is 14.6 Å². The van der Waals surface area contributed by atoms with Crippen LogP contribution in [0, 0.1) is 5.92 Å². The molecule has 2 aliphatic rings. The van der Waals surface area contributed by atoms with Crippen LogP contribution in [0.1, 0.15) is 31.2 Å². The fourth-order valence-corrected chi connectivity index (χ4v) is 5.68. The Balaban J connectivity index is 1.57. The monoisotopic (exact) mass is 495 g/mol. The van der Waals surface area contributed by atoms with Gasteiger partial charge < -0.3 is 15.5 Å². The van der Waals surface area contributed by atoms with Gasteiger partial charge in [0.25, 0.3) is 5.91 Å². The first-order valence-corrected chi connectivity index (χ1v) is 12.7. The maximum atomic E-state index is 13.7. The number of amides is 1. The second kappa shape index (κ2) is 9.93. The summed E-state index contributed by atoms with van der Waals surface area (Å²) in [4.78, 5) is 13.3. The molecule has 184 valence electrons. The average Bonchev–Trinajstić information content (AvgIpc) is 3.52. The molecular weight excluding hydrogens is 468 g/mol. The number of rotatable bonds is 9. The molecular formula is C23H27F2N3O5S. The predicted molar refractivity (Wildman–Crippen MR) is 121 cm³/mol. The molecule has 3 N–H and O–H groups in total. The number of carbonyl (C=O) groups is 1. The van der Waals surface area contributed by atoms with Crippen molar-refractivity contribution in [1.82, 2.24) is 9.78 Å². The zero-order valence-corrected chi connectivity index (χ0v) is 19.2. The highest BCUT2D eigenvalue weighted by Crippen LogP contribution is 2.36. The molecule has 8 nitrogen and oxygen atoms in total. The molecule has 0 spiro atoms. The van der Waals surface area contributed by atoms with Crippen molar-refractivity contribution in [1.29, 1.82) is 0 Å². The van der Waals surface area contributed by atoms with Gasteiger partial charge in [-0.3, -0.25) is 9.48 Å². The molecule has 1 aromatic carbocycles. The fraction of sp³-hybridized carbons (Fsp3) is 0.478. The first-order chi connectivity index (χ1) is 16.2. The molecule has 0 unspecified atom stereocenters. The highest BCUT2D eigenvalue weighted by atomic mass is 32.2. The van der Waals surface area contributed by atoms with Crippen molar-refractivity contribution in [3.63, 3.8) is 0 Å². The lowest BCUT2D eigenvalue weighted by molar-refractivity contribution is -0.111. The molecule has 1 amide bonds. The van der Waals surface area contributed by atoms with Gasteiger partial charge in [-0.25, -0.2) is 17.2 Å². The number of alkyl halides is 2. The van der Waals surface area contributed by atoms with E-state index < -0.39 is 46.7 Å². The van der Waals surface area contributed by atoms with Gasteiger partial charge in [0.1, 0.15) is 12.3 Å². The predicted octanol–water partition coefficient (Wildman–Crippen LogP) is 2.28. The largest absolute Gasteiger partial charge is 0.394 e. The van der Waals surface area contributed by atoms with Gasteiger partial charge in [0.15, 0.2) is 15.7 Å². The molecule has 0 bridgehead atoms. The van der Waals surface area contributed by atoms with E-state index in [0.29, 0.717) is 18.4 Å². The summed E-state index contributed by atoms with van der Waals surface area (Å²) in [5, 5.41) is 24.9. The number of anilines is 1. The third-order valence-electron chi connectivity index (χ3n) is 6.04. The molecule has 4 rings (SSSR count).